The fraction of sp³-hybridized carbons (Fsp3) is 0.294. The van der Waals surface area contributed by atoms with Crippen LogP contribution in [0.3, 0.4) is 0 Å². The molecular weight excluding hydrogens is 738 g/mol. The van der Waals surface area contributed by atoms with Crippen molar-refractivity contribution in [1.82, 2.24) is 0 Å². The van der Waals surface area contributed by atoms with E-state index in [1.54, 1.807) is 0 Å². The standard InChI is InChI=1S/C27H34NSi.C24H25N.Ga/c1-17-13-19(3)25(20(4)14-17)23-11-10-12-24(27(23)28-29(7,8)9)26-21(5)15-18(2)16-22(26)6;1-14-10-16(3)22(17(4)11-14)20-8-7-9-21(24(20)25)23-18(5)12-15(2)13-19(23)6;/h10-16H,1-9H3;7-13H,1-6H3;/q-1;;+1. The van der Waals surface area contributed by atoms with E-state index >= 15 is 0 Å². The third-order valence-corrected chi connectivity index (χ3v) is 20.1. The molecule has 280 valence electrons. The molecule has 0 aliphatic carbocycles. The van der Waals surface area contributed by atoms with Crippen molar-refractivity contribution in [3.63, 3.8) is 0 Å². The van der Waals surface area contributed by atoms with Crippen molar-refractivity contribution in [3.8, 4) is 44.5 Å². The van der Waals surface area contributed by atoms with Gasteiger partial charge in [0.05, 0.1) is 0 Å². The molecule has 2 nitrogen and oxygen atoms in total. The molecule has 0 aliphatic heterocycles. The first-order valence-electron chi connectivity index (χ1n) is 19.8. The van der Waals surface area contributed by atoms with Gasteiger partial charge in [-0.1, -0.05) is 0 Å². The van der Waals surface area contributed by atoms with Crippen LogP contribution in [0.15, 0.2) is 88.6 Å². The zero-order valence-electron chi connectivity index (χ0n) is 36.1. The third-order valence-electron chi connectivity index (χ3n) is 11.1. The zero-order valence-corrected chi connectivity index (χ0v) is 39.5. The molecule has 55 heavy (non-hydrogen) atoms. The van der Waals surface area contributed by atoms with Gasteiger partial charge >= 0.3 is 343 Å². The van der Waals surface area contributed by atoms with Crippen LogP contribution in [0.1, 0.15) is 66.8 Å². The van der Waals surface area contributed by atoms with Crippen molar-refractivity contribution in [2.75, 3.05) is 3.27 Å². The fourth-order valence-electron chi connectivity index (χ4n) is 9.39. The van der Waals surface area contributed by atoms with Crippen molar-refractivity contribution in [2.24, 2.45) is 3.65 Å². The van der Waals surface area contributed by atoms with Gasteiger partial charge in [0.25, 0.3) is 0 Å². The van der Waals surface area contributed by atoms with E-state index in [2.05, 4.69) is 191 Å². The van der Waals surface area contributed by atoms with Crippen LogP contribution in [-0.4, -0.2) is 25.7 Å². The van der Waals surface area contributed by atoms with Gasteiger partial charge in [0, 0.05) is 0 Å². The monoisotopic (exact) mass is 796 g/mol. The van der Waals surface area contributed by atoms with Gasteiger partial charge in [-0.15, -0.1) is 0 Å². The Bertz CT molecular complexity index is 2250. The summed E-state index contributed by atoms with van der Waals surface area (Å²) in [5.41, 5.74) is 28.7. The third kappa shape index (κ3) is 8.05. The second-order valence-electron chi connectivity index (χ2n) is 17.3. The topological polar surface area (TPSA) is 15.6 Å². The molecule has 0 fully saturated rings. The molecule has 0 saturated heterocycles. The number of hydrogen-bond acceptors (Lipinski definition) is 1. The normalized spacial score (nSPS) is 11.7. The number of hydrogen-bond donors (Lipinski definition) is 0. The van der Waals surface area contributed by atoms with Crippen molar-refractivity contribution in [1.29, 1.82) is 0 Å². The number of anilines is 1. The second-order valence-corrected chi connectivity index (χ2v) is 25.3. The minimum absolute atomic E-state index is 1.14. The molecule has 0 amide bonds. The molecule has 6 rings (SSSR count). The van der Waals surface area contributed by atoms with Crippen LogP contribution < -0.4 is 3.27 Å². The van der Waals surface area contributed by atoms with E-state index in [4.69, 9.17) is 3.65 Å². The number of nitrogens with zero attached hydrogens (tertiary/aromatic N) is 2. The van der Waals surface area contributed by atoms with E-state index in [0.29, 0.717) is 0 Å². The summed E-state index contributed by atoms with van der Waals surface area (Å²) in [6, 6.07) is 32.7. The molecule has 0 aromatic heterocycles. The Balaban J connectivity index is 1.73. The van der Waals surface area contributed by atoms with Gasteiger partial charge < -0.3 is 0 Å². The van der Waals surface area contributed by atoms with Gasteiger partial charge in [-0.2, -0.15) is 0 Å². The maximum atomic E-state index is 6.02. The molecule has 0 aliphatic rings. The van der Waals surface area contributed by atoms with E-state index in [9.17, 15) is 0 Å². The maximum absolute atomic E-state index is 6.02. The van der Waals surface area contributed by atoms with Crippen molar-refractivity contribution in [3.05, 3.63) is 152 Å². The Morgan fingerprint density at radius 1 is 0.400 bits per heavy atom. The van der Waals surface area contributed by atoms with Gasteiger partial charge in [0.1, 0.15) is 0 Å². The van der Waals surface area contributed by atoms with Gasteiger partial charge in [-0.25, -0.2) is 0 Å². The summed E-state index contributed by atoms with van der Waals surface area (Å²) in [6.45, 7) is 34.6. The van der Waals surface area contributed by atoms with E-state index in [1.807, 2.05) is 0 Å². The molecule has 0 radical (unpaired) electrons. The first-order valence-corrected chi connectivity index (χ1v) is 25.4. The Kier molecular flexibility index (Phi) is 11.6. The summed E-state index contributed by atoms with van der Waals surface area (Å²) in [5.74, 6) is 0. The molecule has 0 heterocycles. The SMILES string of the molecule is Cc1cc(C)c(-c2cccc(-c3c(C)cc(C)cc3C)c2[N]=[Ga][N](c2c(-c3c(C)cc(C)cc3C)cccc2-c2c(C)cc(C)cc2C)[Si](C)(C)C)c(C)c1. The molecule has 0 atom stereocenters. The molecule has 0 spiro atoms. The molecule has 0 unspecified atom stereocenters. The summed E-state index contributed by atoms with van der Waals surface area (Å²) in [5, 5.41) is 0. The fourth-order valence-corrected chi connectivity index (χ4v) is 15.0. The summed E-state index contributed by atoms with van der Waals surface area (Å²) in [7, 11) is -2.04. The molecule has 6 aromatic rings. The van der Waals surface area contributed by atoms with E-state index in [1.165, 1.54) is 117 Å². The summed E-state index contributed by atoms with van der Waals surface area (Å²) >= 11 is -1.52. The quantitative estimate of drug-likeness (QED) is 0.140. The second kappa shape index (κ2) is 15.7. The molecule has 0 bridgehead atoms. The minimum atomic E-state index is -2.04. The van der Waals surface area contributed by atoms with Crippen LogP contribution in [0.2, 0.25) is 19.6 Å². The number of rotatable bonds is 8. The first-order chi connectivity index (χ1) is 25.9. The van der Waals surface area contributed by atoms with Gasteiger partial charge in [-0.3, -0.25) is 0 Å². The summed E-state index contributed by atoms with van der Waals surface area (Å²) in [4.78, 5) is 0. The predicted octanol–water partition coefficient (Wildman–Crippen LogP) is 14.8. The average molecular weight is 798 g/mol. The molecule has 0 N–H and O–H groups in total. The molecule has 0 saturated carbocycles. The first kappa shape index (κ1) is 40.4. The Morgan fingerprint density at radius 2 is 0.655 bits per heavy atom. The Hall–Kier alpha value is -4.23. The Morgan fingerprint density at radius 3 is 0.927 bits per heavy atom. The predicted molar refractivity (Wildman–Crippen MR) is 245 cm³/mol. The summed E-state index contributed by atoms with van der Waals surface area (Å²) < 4.78 is 8.88. The van der Waals surface area contributed by atoms with Crippen molar-refractivity contribution < 1.29 is 0 Å². The van der Waals surface area contributed by atoms with Crippen molar-refractivity contribution >= 4 is 37.1 Å². The molecular formula is C51H59GaN2Si. The Labute approximate surface area is 341 Å². The molecule has 4 heteroatoms. The van der Waals surface area contributed by atoms with E-state index < -0.39 is 25.7 Å². The van der Waals surface area contributed by atoms with Crippen LogP contribution in [0.5, 0.6) is 0 Å². The number of benzene rings is 6. The van der Waals surface area contributed by atoms with Crippen LogP contribution in [0.25, 0.3) is 44.5 Å². The van der Waals surface area contributed by atoms with E-state index in [-0.39, 0.29) is 0 Å². The summed E-state index contributed by atoms with van der Waals surface area (Å²) in [6.07, 6.45) is 0. The van der Waals surface area contributed by atoms with E-state index in [0.717, 1.165) is 5.69 Å². The molecule has 6 aromatic carbocycles. The van der Waals surface area contributed by atoms with Crippen molar-refractivity contribution in [2.45, 2.75) is 103 Å². The van der Waals surface area contributed by atoms with Gasteiger partial charge in [-0.05, 0) is 0 Å². The average Bonchev–Trinajstić information content (AvgIpc) is 3.04. The van der Waals surface area contributed by atoms with Crippen LogP contribution in [-0.2, 0) is 0 Å². The van der Waals surface area contributed by atoms with Crippen LogP contribution in [0, 0.1) is 83.1 Å². The van der Waals surface area contributed by atoms with Gasteiger partial charge in [0.2, 0.25) is 0 Å². The zero-order chi connectivity index (χ0) is 40.1. The van der Waals surface area contributed by atoms with Crippen LogP contribution >= 0.6 is 0 Å². The number of aryl methyl sites for hydroxylation is 12. The number of para-hydroxylation sites is 1. The van der Waals surface area contributed by atoms with Crippen LogP contribution in [0.4, 0.5) is 11.4 Å². The van der Waals surface area contributed by atoms with Gasteiger partial charge in [0.15, 0.2) is 0 Å².